The van der Waals surface area contributed by atoms with Crippen molar-refractivity contribution in [3.8, 4) is 6.07 Å². The summed E-state index contributed by atoms with van der Waals surface area (Å²) in [5.74, 6) is 2.41. The Morgan fingerprint density at radius 2 is 1.94 bits per heavy atom. The molecule has 0 aromatic rings. The molecule has 0 saturated heterocycles. The molecule has 1 aliphatic carbocycles. The zero-order valence-corrected chi connectivity index (χ0v) is 11.9. The number of hydrogen-bond donors (Lipinski definition) is 0. The van der Waals surface area contributed by atoms with Gasteiger partial charge in [0.1, 0.15) is 0 Å². The Morgan fingerprint density at radius 3 is 2.47 bits per heavy atom. The molecule has 17 heavy (non-hydrogen) atoms. The smallest absolute Gasteiger partial charge is 0.0635 e. The fourth-order valence-electron chi connectivity index (χ4n) is 2.94. The molecule has 2 heteroatoms. The Kier molecular flexibility index (Phi) is 5.98. The molecule has 2 nitrogen and oxygen atoms in total. The second-order valence-corrected chi connectivity index (χ2v) is 6.22. The van der Waals surface area contributed by atoms with E-state index < -0.39 is 0 Å². The van der Waals surface area contributed by atoms with E-state index in [1.165, 1.54) is 19.3 Å². The summed E-state index contributed by atoms with van der Waals surface area (Å²) in [6, 6.07) is 3.01. The molecular weight excluding hydrogens is 208 g/mol. The Labute approximate surface area is 107 Å². The molecule has 1 fully saturated rings. The third kappa shape index (κ3) is 4.68. The standard InChI is InChI=1S/C15H28N2/c1-12(2)11-17(9-5-8-16)15-7-6-13(3)14(4)10-15/h12-15H,5-7,9-11H2,1-4H3. The first-order valence-electron chi connectivity index (χ1n) is 7.15. The van der Waals surface area contributed by atoms with Gasteiger partial charge in [-0.05, 0) is 37.0 Å². The highest BCUT2D eigenvalue weighted by molar-refractivity contribution is 4.84. The second-order valence-electron chi connectivity index (χ2n) is 6.22. The van der Waals surface area contributed by atoms with Gasteiger partial charge in [-0.2, -0.15) is 5.26 Å². The molecule has 1 aliphatic rings. The number of nitrogens with zero attached hydrogens (tertiary/aromatic N) is 2. The van der Waals surface area contributed by atoms with Crippen LogP contribution < -0.4 is 0 Å². The minimum atomic E-state index is 0.674. The van der Waals surface area contributed by atoms with E-state index in [0.717, 1.165) is 31.0 Å². The van der Waals surface area contributed by atoms with E-state index in [-0.39, 0.29) is 0 Å². The lowest BCUT2D eigenvalue weighted by Crippen LogP contribution is -2.42. The molecule has 0 radical (unpaired) electrons. The van der Waals surface area contributed by atoms with Crippen LogP contribution in [0.5, 0.6) is 0 Å². The van der Waals surface area contributed by atoms with Crippen molar-refractivity contribution >= 4 is 0 Å². The number of nitriles is 1. The molecule has 0 aromatic carbocycles. The predicted molar refractivity (Wildman–Crippen MR) is 72.6 cm³/mol. The van der Waals surface area contributed by atoms with Crippen molar-refractivity contribution in [2.24, 2.45) is 17.8 Å². The van der Waals surface area contributed by atoms with Crippen LogP contribution in [0, 0.1) is 29.1 Å². The van der Waals surface area contributed by atoms with Crippen LogP contribution in [0.4, 0.5) is 0 Å². The molecule has 0 amide bonds. The third-order valence-corrected chi connectivity index (χ3v) is 4.20. The molecule has 0 aliphatic heterocycles. The molecule has 3 unspecified atom stereocenters. The van der Waals surface area contributed by atoms with E-state index in [2.05, 4.69) is 38.7 Å². The SMILES string of the molecule is CC(C)CN(CCC#N)C1CCC(C)C(C)C1. The van der Waals surface area contributed by atoms with Crippen LogP contribution in [0.1, 0.15) is 53.4 Å². The van der Waals surface area contributed by atoms with Gasteiger partial charge in [0.2, 0.25) is 0 Å². The molecular formula is C15H28N2. The molecule has 1 rings (SSSR count). The van der Waals surface area contributed by atoms with Crippen molar-refractivity contribution in [1.82, 2.24) is 4.90 Å². The van der Waals surface area contributed by atoms with Gasteiger partial charge in [-0.3, -0.25) is 4.90 Å². The monoisotopic (exact) mass is 236 g/mol. The van der Waals surface area contributed by atoms with Crippen molar-refractivity contribution in [2.75, 3.05) is 13.1 Å². The molecule has 0 bridgehead atoms. The highest BCUT2D eigenvalue weighted by atomic mass is 15.2. The zero-order chi connectivity index (χ0) is 12.8. The summed E-state index contributed by atoms with van der Waals surface area (Å²) in [6.45, 7) is 11.4. The molecule has 0 aromatic heterocycles. The van der Waals surface area contributed by atoms with Crippen molar-refractivity contribution < 1.29 is 0 Å². The first-order chi connectivity index (χ1) is 8.04. The van der Waals surface area contributed by atoms with Crippen molar-refractivity contribution in [3.63, 3.8) is 0 Å². The van der Waals surface area contributed by atoms with Crippen LogP contribution in [-0.4, -0.2) is 24.0 Å². The number of hydrogen-bond acceptors (Lipinski definition) is 2. The minimum Gasteiger partial charge on any atom is -0.299 e. The van der Waals surface area contributed by atoms with Crippen molar-refractivity contribution in [3.05, 3.63) is 0 Å². The van der Waals surface area contributed by atoms with Crippen LogP contribution in [0.25, 0.3) is 0 Å². The van der Waals surface area contributed by atoms with E-state index in [1.54, 1.807) is 0 Å². The summed E-state index contributed by atoms with van der Waals surface area (Å²) in [5, 5.41) is 8.77. The maximum absolute atomic E-state index is 8.77. The Bertz CT molecular complexity index is 254. The molecule has 0 heterocycles. The van der Waals surface area contributed by atoms with E-state index in [9.17, 15) is 0 Å². The minimum absolute atomic E-state index is 0.674. The van der Waals surface area contributed by atoms with Gasteiger partial charge < -0.3 is 0 Å². The van der Waals surface area contributed by atoms with E-state index >= 15 is 0 Å². The Hall–Kier alpha value is -0.550. The lowest BCUT2D eigenvalue weighted by molar-refractivity contribution is 0.100. The first kappa shape index (κ1) is 14.5. The van der Waals surface area contributed by atoms with E-state index in [0.29, 0.717) is 12.3 Å². The maximum Gasteiger partial charge on any atom is 0.0635 e. The third-order valence-electron chi connectivity index (χ3n) is 4.20. The maximum atomic E-state index is 8.77. The quantitative estimate of drug-likeness (QED) is 0.728. The van der Waals surface area contributed by atoms with Gasteiger partial charge in [0, 0.05) is 25.6 Å². The first-order valence-corrected chi connectivity index (χ1v) is 7.15. The largest absolute Gasteiger partial charge is 0.299 e. The van der Waals surface area contributed by atoms with Crippen LogP contribution in [0.3, 0.4) is 0 Å². The molecule has 98 valence electrons. The Balaban J connectivity index is 2.53. The molecule has 0 N–H and O–H groups in total. The van der Waals surface area contributed by atoms with Crippen LogP contribution in [-0.2, 0) is 0 Å². The van der Waals surface area contributed by atoms with Gasteiger partial charge in [0.05, 0.1) is 6.07 Å². The fourth-order valence-corrected chi connectivity index (χ4v) is 2.94. The molecule has 1 saturated carbocycles. The van der Waals surface area contributed by atoms with Gasteiger partial charge in [0.25, 0.3) is 0 Å². The van der Waals surface area contributed by atoms with Gasteiger partial charge in [-0.15, -0.1) is 0 Å². The highest BCUT2D eigenvalue weighted by Crippen LogP contribution is 2.32. The highest BCUT2D eigenvalue weighted by Gasteiger charge is 2.28. The van der Waals surface area contributed by atoms with Crippen molar-refractivity contribution in [2.45, 2.75) is 59.4 Å². The Morgan fingerprint density at radius 1 is 1.24 bits per heavy atom. The van der Waals surface area contributed by atoms with Crippen LogP contribution in [0.15, 0.2) is 0 Å². The summed E-state index contributed by atoms with van der Waals surface area (Å²) in [5.41, 5.74) is 0. The lowest BCUT2D eigenvalue weighted by atomic mass is 9.78. The van der Waals surface area contributed by atoms with Gasteiger partial charge in [-0.1, -0.05) is 27.7 Å². The summed E-state index contributed by atoms with van der Waals surface area (Å²) < 4.78 is 0. The van der Waals surface area contributed by atoms with Crippen molar-refractivity contribution in [1.29, 1.82) is 5.26 Å². The number of rotatable bonds is 5. The van der Waals surface area contributed by atoms with Gasteiger partial charge in [0.15, 0.2) is 0 Å². The second kappa shape index (κ2) is 7.01. The van der Waals surface area contributed by atoms with E-state index in [4.69, 9.17) is 5.26 Å². The topological polar surface area (TPSA) is 27.0 Å². The van der Waals surface area contributed by atoms with E-state index in [1.807, 2.05) is 0 Å². The zero-order valence-electron chi connectivity index (χ0n) is 11.9. The molecule has 3 atom stereocenters. The summed E-state index contributed by atoms with van der Waals surface area (Å²) in [7, 11) is 0. The molecule has 0 spiro atoms. The van der Waals surface area contributed by atoms with Gasteiger partial charge >= 0.3 is 0 Å². The lowest BCUT2D eigenvalue weighted by Gasteiger charge is -2.39. The average Bonchev–Trinajstić information content (AvgIpc) is 2.27. The summed E-state index contributed by atoms with van der Waals surface area (Å²) in [4.78, 5) is 2.57. The van der Waals surface area contributed by atoms with Crippen LogP contribution >= 0.6 is 0 Å². The van der Waals surface area contributed by atoms with Gasteiger partial charge in [-0.25, -0.2) is 0 Å². The normalized spacial score (nSPS) is 29.6. The fraction of sp³-hybridized carbons (Fsp3) is 0.933. The van der Waals surface area contributed by atoms with Crippen LogP contribution in [0.2, 0.25) is 0 Å². The summed E-state index contributed by atoms with van der Waals surface area (Å²) in [6.07, 6.45) is 4.67. The summed E-state index contributed by atoms with van der Waals surface area (Å²) >= 11 is 0. The predicted octanol–water partition coefficient (Wildman–Crippen LogP) is 3.68. The average molecular weight is 236 g/mol.